The highest BCUT2D eigenvalue weighted by Gasteiger charge is 2.55. The SMILES string of the molecule is CO[C@]12CN(C(=O)OCc3ccc(OC(F)(F)F)cc3)C[C@@H]1CN(C(=O)c1ccc3n[nH]nc3c1)C2. The van der Waals surface area contributed by atoms with Crippen LogP contribution in [-0.4, -0.2) is 82.5 Å². The number of amides is 2. The van der Waals surface area contributed by atoms with Crippen molar-refractivity contribution in [1.29, 1.82) is 0 Å². The fraction of sp³-hybridized carbons (Fsp3) is 0.391. The normalized spacial score (nSPS) is 21.6. The first kappa shape index (κ1) is 23.9. The Morgan fingerprint density at radius 1 is 1.06 bits per heavy atom. The number of H-pyrrole nitrogens is 1. The third kappa shape index (κ3) is 4.65. The van der Waals surface area contributed by atoms with E-state index in [1.807, 2.05) is 0 Å². The summed E-state index contributed by atoms with van der Waals surface area (Å²) in [5, 5.41) is 10.5. The predicted molar refractivity (Wildman–Crippen MR) is 118 cm³/mol. The van der Waals surface area contributed by atoms with Crippen LogP contribution in [0.2, 0.25) is 0 Å². The zero-order chi connectivity index (χ0) is 25.5. The number of hydrogen-bond acceptors (Lipinski definition) is 7. The number of aromatic amines is 1. The Bertz CT molecular complexity index is 1280. The van der Waals surface area contributed by atoms with E-state index in [0.29, 0.717) is 41.8 Å². The molecule has 0 unspecified atom stereocenters. The molecule has 0 bridgehead atoms. The molecule has 0 radical (unpaired) electrons. The maximum atomic E-state index is 13.1. The molecular formula is C23H22F3N5O5. The van der Waals surface area contributed by atoms with Gasteiger partial charge in [0.05, 0.1) is 13.1 Å². The van der Waals surface area contributed by atoms with Crippen molar-refractivity contribution >= 4 is 23.0 Å². The minimum Gasteiger partial charge on any atom is -0.445 e. The first-order chi connectivity index (χ1) is 17.2. The van der Waals surface area contributed by atoms with Crippen molar-refractivity contribution < 1.29 is 37.0 Å². The number of hydrogen-bond donors (Lipinski definition) is 1. The van der Waals surface area contributed by atoms with Gasteiger partial charge in [0, 0.05) is 31.7 Å². The van der Waals surface area contributed by atoms with E-state index in [4.69, 9.17) is 9.47 Å². The predicted octanol–water partition coefficient (Wildman–Crippen LogP) is 2.97. The summed E-state index contributed by atoms with van der Waals surface area (Å²) in [6.07, 6.45) is -5.34. The third-order valence-corrected chi connectivity index (χ3v) is 6.58. The van der Waals surface area contributed by atoms with Crippen LogP contribution in [0.25, 0.3) is 11.0 Å². The zero-order valence-electron chi connectivity index (χ0n) is 19.1. The maximum Gasteiger partial charge on any atom is 0.573 e. The van der Waals surface area contributed by atoms with E-state index in [1.165, 1.54) is 17.0 Å². The molecule has 0 aliphatic carbocycles. The Morgan fingerprint density at radius 2 is 1.75 bits per heavy atom. The molecule has 3 aromatic rings. The molecule has 2 aromatic carbocycles. The van der Waals surface area contributed by atoms with Gasteiger partial charge in [-0.1, -0.05) is 12.1 Å². The molecule has 2 atom stereocenters. The Morgan fingerprint density at radius 3 is 2.44 bits per heavy atom. The van der Waals surface area contributed by atoms with Crippen molar-refractivity contribution in [3.05, 3.63) is 53.6 Å². The fourth-order valence-corrected chi connectivity index (χ4v) is 4.78. The number of ether oxygens (including phenoxy) is 3. The van der Waals surface area contributed by atoms with Crippen LogP contribution in [0.1, 0.15) is 15.9 Å². The second-order valence-electron chi connectivity index (χ2n) is 8.81. The smallest absolute Gasteiger partial charge is 0.445 e. The summed E-state index contributed by atoms with van der Waals surface area (Å²) in [4.78, 5) is 29.0. The van der Waals surface area contributed by atoms with Crippen LogP contribution in [0, 0.1) is 5.92 Å². The van der Waals surface area contributed by atoms with Gasteiger partial charge in [-0.15, -0.1) is 13.2 Å². The van der Waals surface area contributed by atoms with Gasteiger partial charge in [0.1, 0.15) is 29.0 Å². The van der Waals surface area contributed by atoms with Crippen LogP contribution in [0.5, 0.6) is 5.75 Å². The van der Waals surface area contributed by atoms with Gasteiger partial charge in [0.2, 0.25) is 0 Å². The minimum atomic E-state index is -4.77. The average Bonchev–Trinajstić information content (AvgIpc) is 3.54. The summed E-state index contributed by atoms with van der Waals surface area (Å²) < 4.78 is 51.9. The van der Waals surface area contributed by atoms with Crippen LogP contribution in [0.4, 0.5) is 18.0 Å². The summed E-state index contributed by atoms with van der Waals surface area (Å²) in [6, 6.07) is 10.2. The van der Waals surface area contributed by atoms with Gasteiger partial charge >= 0.3 is 12.5 Å². The molecule has 0 saturated carbocycles. The molecule has 36 heavy (non-hydrogen) atoms. The number of carbonyl (C=O) groups is 2. The Hall–Kier alpha value is -3.87. The van der Waals surface area contributed by atoms with Crippen LogP contribution in [0.15, 0.2) is 42.5 Å². The molecule has 13 heteroatoms. The van der Waals surface area contributed by atoms with Gasteiger partial charge in [-0.05, 0) is 35.9 Å². The monoisotopic (exact) mass is 505 g/mol. The molecule has 2 aliphatic rings. The van der Waals surface area contributed by atoms with Gasteiger partial charge in [-0.25, -0.2) is 4.79 Å². The lowest BCUT2D eigenvalue weighted by atomic mass is 9.95. The highest BCUT2D eigenvalue weighted by atomic mass is 19.4. The minimum absolute atomic E-state index is 0.103. The van der Waals surface area contributed by atoms with Gasteiger partial charge < -0.3 is 24.0 Å². The van der Waals surface area contributed by atoms with E-state index in [1.54, 1.807) is 30.2 Å². The van der Waals surface area contributed by atoms with Crippen molar-refractivity contribution in [2.45, 2.75) is 18.6 Å². The van der Waals surface area contributed by atoms with E-state index >= 15 is 0 Å². The van der Waals surface area contributed by atoms with E-state index in [-0.39, 0.29) is 30.7 Å². The molecule has 2 aliphatic heterocycles. The second-order valence-corrected chi connectivity index (χ2v) is 8.81. The average molecular weight is 505 g/mol. The van der Waals surface area contributed by atoms with Gasteiger partial charge in [0.15, 0.2) is 0 Å². The summed E-state index contributed by atoms with van der Waals surface area (Å²) in [6.45, 7) is 1.21. The molecule has 1 aromatic heterocycles. The molecule has 2 amide bonds. The molecule has 0 spiro atoms. The highest BCUT2D eigenvalue weighted by Crippen LogP contribution is 2.38. The first-order valence-electron chi connectivity index (χ1n) is 11.1. The van der Waals surface area contributed by atoms with Gasteiger partial charge in [-0.3, -0.25) is 4.79 Å². The summed E-state index contributed by atoms with van der Waals surface area (Å²) in [5.74, 6) is -0.613. The number of carbonyl (C=O) groups excluding carboxylic acids is 2. The first-order valence-corrected chi connectivity index (χ1v) is 11.1. The molecular weight excluding hydrogens is 483 g/mol. The zero-order valence-corrected chi connectivity index (χ0v) is 19.1. The number of likely N-dealkylation sites (tertiary alicyclic amines) is 2. The number of nitrogens with zero attached hydrogens (tertiary/aromatic N) is 4. The molecule has 2 fully saturated rings. The van der Waals surface area contributed by atoms with Crippen molar-refractivity contribution in [1.82, 2.24) is 25.2 Å². The van der Waals surface area contributed by atoms with E-state index in [2.05, 4.69) is 20.1 Å². The number of halogens is 3. The number of aromatic nitrogens is 3. The van der Waals surface area contributed by atoms with Crippen molar-refractivity contribution in [3.8, 4) is 5.75 Å². The molecule has 5 rings (SSSR count). The fourth-order valence-electron chi connectivity index (χ4n) is 4.78. The molecule has 190 valence electrons. The van der Waals surface area contributed by atoms with E-state index in [0.717, 1.165) is 12.1 Å². The summed E-state index contributed by atoms with van der Waals surface area (Å²) >= 11 is 0. The number of alkyl halides is 3. The van der Waals surface area contributed by atoms with Crippen molar-refractivity contribution in [3.63, 3.8) is 0 Å². The second kappa shape index (κ2) is 8.97. The van der Waals surface area contributed by atoms with Crippen molar-refractivity contribution in [2.24, 2.45) is 5.92 Å². The third-order valence-electron chi connectivity index (χ3n) is 6.58. The lowest BCUT2D eigenvalue weighted by Gasteiger charge is -2.27. The standard InChI is InChI=1S/C23H22F3N5O5/c1-34-22-12-30(20(32)15-4-7-18-19(8-15)28-29-27-18)9-16(22)10-31(13-22)21(33)35-11-14-2-5-17(6-3-14)36-23(24,25)26/h2-8,16H,9-13H2,1H3,(H,27,28,29)/t16-,22+/m0/s1. The molecule has 3 heterocycles. The number of fused-ring (bicyclic) bond motifs is 2. The number of nitrogens with one attached hydrogen (secondary N) is 1. The summed E-state index contributed by atoms with van der Waals surface area (Å²) in [5.41, 5.74) is 1.55. The number of methoxy groups -OCH3 is 1. The maximum absolute atomic E-state index is 13.1. The van der Waals surface area contributed by atoms with Crippen LogP contribution in [0.3, 0.4) is 0 Å². The van der Waals surface area contributed by atoms with Gasteiger partial charge in [-0.2, -0.15) is 15.4 Å². The summed E-state index contributed by atoms with van der Waals surface area (Å²) in [7, 11) is 1.56. The molecule has 10 nitrogen and oxygen atoms in total. The van der Waals surface area contributed by atoms with Gasteiger partial charge in [0.25, 0.3) is 5.91 Å². The highest BCUT2D eigenvalue weighted by molar-refractivity contribution is 5.97. The Balaban J connectivity index is 1.18. The van der Waals surface area contributed by atoms with E-state index in [9.17, 15) is 22.8 Å². The molecule has 2 saturated heterocycles. The van der Waals surface area contributed by atoms with Crippen molar-refractivity contribution in [2.75, 3.05) is 33.3 Å². The van der Waals surface area contributed by atoms with E-state index < -0.39 is 18.1 Å². The van der Waals surface area contributed by atoms with Crippen LogP contribution >= 0.6 is 0 Å². The largest absolute Gasteiger partial charge is 0.573 e. The quantitative estimate of drug-likeness (QED) is 0.568. The number of benzene rings is 2. The Kier molecular flexibility index (Phi) is 5.94. The Labute approximate surface area is 202 Å². The van der Waals surface area contributed by atoms with Crippen LogP contribution in [-0.2, 0) is 16.1 Å². The topological polar surface area (TPSA) is 110 Å². The lowest BCUT2D eigenvalue weighted by molar-refractivity contribution is -0.274. The lowest BCUT2D eigenvalue weighted by Crippen LogP contribution is -2.44. The molecule has 1 N–H and O–H groups in total. The van der Waals surface area contributed by atoms with Crippen LogP contribution < -0.4 is 4.74 Å². The number of rotatable bonds is 5.